The smallest absolute Gasteiger partial charge is 0.426 e. The summed E-state index contributed by atoms with van der Waals surface area (Å²) in [7, 11) is -1.59. The Morgan fingerprint density at radius 3 is 2.64 bits per heavy atom. The monoisotopic (exact) mass is 449 g/mol. The first-order valence-corrected chi connectivity index (χ1v) is 11.8. The first kappa shape index (κ1) is 23.5. The Kier molecular flexibility index (Phi) is 6.86. The van der Waals surface area contributed by atoms with Crippen molar-refractivity contribution in [2.24, 2.45) is 17.8 Å². The van der Waals surface area contributed by atoms with Gasteiger partial charge < -0.3 is 19.5 Å². The lowest BCUT2D eigenvalue weighted by Gasteiger charge is -2.41. The third-order valence-corrected chi connectivity index (χ3v) is 6.67. The molecule has 0 bridgehead atoms. The van der Waals surface area contributed by atoms with Crippen LogP contribution < -0.4 is 0 Å². The van der Waals surface area contributed by atoms with E-state index >= 15 is 0 Å². The number of piperidine rings is 1. The Morgan fingerprint density at radius 1 is 1.18 bits per heavy atom. The van der Waals surface area contributed by atoms with Gasteiger partial charge in [-0.1, -0.05) is 39.0 Å². The lowest BCUT2D eigenvalue weighted by atomic mass is 9.71. The molecule has 33 heavy (non-hydrogen) atoms. The minimum Gasteiger partial charge on any atom is -0.426 e. The van der Waals surface area contributed by atoms with E-state index in [-0.39, 0.29) is 36.5 Å². The lowest BCUT2D eigenvalue weighted by Crippen LogP contribution is -2.56. The van der Waals surface area contributed by atoms with Crippen LogP contribution in [0.3, 0.4) is 0 Å². The van der Waals surface area contributed by atoms with E-state index in [4.69, 9.17) is 0 Å². The second-order valence-electron chi connectivity index (χ2n) is 9.88. The van der Waals surface area contributed by atoms with E-state index in [9.17, 15) is 19.6 Å². The molecule has 1 fully saturated rings. The van der Waals surface area contributed by atoms with Crippen LogP contribution in [-0.2, 0) is 16.1 Å². The fourth-order valence-electron chi connectivity index (χ4n) is 5.27. The van der Waals surface area contributed by atoms with Crippen LogP contribution in [0.5, 0.6) is 0 Å². The van der Waals surface area contributed by atoms with Crippen LogP contribution in [0.1, 0.15) is 40.0 Å². The zero-order valence-corrected chi connectivity index (χ0v) is 19.5. The van der Waals surface area contributed by atoms with Gasteiger partial charge >= 0.3 is 7.12 Å². The molecule has 1 saturated heterocycles. The predicted octanol–water partition coefficient (Wildman–Crippen LogP) is 3.06. The molecule has 3 aromatic rings. The maximum atomic E-state index is 13.3. The molecule has 2 aromatic heterocycles. The van der Waals surface area contributed by atoms with Crippen molar-refractivity contribution >= 4 is 40.6 Å². The highest BCUT2D eigenvalue weighted by Crippen LogP contribution is 2.31. The van der Waals surface area contributed by atoms with Crippen LogP contribution in [-0.4, -0.2) is 55.8 Å². The molecular formula is C25H32BN3O4. The molecule has 3 atom stereocenters. The van der Waals surface area contributed by atoms with Crippen molar-refractivity contribution in [3.63, 3.8) is 0 Å². The van der Waals surface area contributed by atoms with Gasteiger partial charge in [-0.2, -0.15) is 0 Å². The van der Waals surface area contributed by atoms with E-state index in [1.165, 1.54) is 0 Å². The van der Waals surface area contributed by atoms with Gasteiger partial charge in [0.15, 0.2) is 5.78 Å². The van der Waals surface area contributed by atoms with Crippen LogP contribution in [0.2, 0.25) is 0 Å². The lowest BCUT2D eigenvalue weighted by molar-refractivity contribution is -0.144. The van der Waals surface area contributed by atoms with Gasteiger partial charge in [-0.05, 0) is 36.8 Å². The fraction of sp³-hybridized carbons (Fsp3) is 0.480. The normalized spacial score (nSPS) is 20.1. The summed E-state index contributed by atoms with van der Waals surface area (Å²) in [5, 5.41) is 22.0. The summed E-state index contributed by atoms with van der Waals surface area (Å²) < 4.78 is 1.98. The van der Waals surface area contributed by atoms with Crippen LogP contribution >= 0.6 is 0 Å². The fourth-order valence-corrected chi connectivity index (χ4v) is 5.27. The number of amides is 1. The number of aromatic nitrogens is 2. The average Bonchev–Trinajstić information content (AvgIpc) is 3.08. The maximum absolute atomic E-state index is 13.3. The largest absolute Gasteiger partial charge is 0.475 e. The minimum atomic E-state index is -1.59. The molecular weight excluding hydrogens is 417 g/mol. The van der Waals surface area contributed by atoms with E-state index in [2.05, 4.69) is 4.98 Å². The summed E-state index contributed by atoms with van der Waals surface area (Å²) in [6.07, 6.45) is 4.80. The zero-order chi connectivity index (χ0) is 23.7. The number of carbonyl (C=O) groups excluding carboxylic acids is 2. The van der Waals surface area contributed by atoms with E-state index < -0.39 is 19.0 Å². The highest BCUT2D eigenvalue weighted by atomic mass is 16.4. The summed E-state index contributed by atoms with van der Waals surface area (Å²) in [5.74, 6) is -0.859. The van der Waals surface area contributed by atoms with Gasteiger partial charge in [-0.25, -0.2) is 0 Å². The summed E-state index contributed by atoms with van der Waals surface area (Å²) in [6, 6.07) is 9.93. The molecule has 0 saturated carbocycles. The third kappa shape index (κ3) is 4.82. The van der Waals surface area contributed by atoms with E-state index in [0.717, 1.165) is 21.8 Å². The standard InChI is InChI=1S/C25H32BN3O4/c1-16(2)10-24(26(32)33)29-14-17(3)11-18(25(29)31)12-19(30)15-28-22-7-5-4-6-20(22)21-8-9-27-13-23(21)28/h4-9,13,16-18,24,32-33H,10-12,14-15H2,1-3H3/t17?,18-,24+/m1/s1. The van der Waals surface area contributed by atoms with E-state index in [0.29, 0.717) is 19.4 Å². The predicted molar refractivity (Wildman–Crippen MR) is 129 cm³/mol. The Hall–Kier alpha value is -2.71. The number of para-hydroxylation sites is 1. The van der Waals surface area contributed by atoms with Gasteiger partial charge in [0.05, 0.1) is 24.2 Å². The Bertz CT molecular complexity index is 1110. The van der Waals surface area contributed by atoms with Crippen molar-refractivity contribution in [2.75, 3.05) is 6.54 Å². The van der Waals surface area contributed by atoms with Crippen molar-refractivity contribution in [3.8, 4) is 0 Å². The summed E-state index contributed by atoms with van der Waals surface area (Å²) in [5.41, 5.74) is 1.87. The van der Waals surface area contributed by atoms with Crippen LogP contribution in [0.4, 0.5) is 0 Å². The number of hydrogen-bond donors (Lipinski definition) is 2. The van der Waals surface area contributed by atoms with Crippen LogP contribution in [0.25, 0.3) is 21.8 Å². The third-order valence-electron chi connectivity index (χ3n) is 6.67. The molecule has 1 unspecified atom stereocenters. The molecule has 0 radical (unpaired) electrons. The van der Waals surface area contributed by atoms with Gasteiger partial charge in [0.1, 0.15) is 0 Å². The van der Waals surface area contributed by atoms with E-state index in [1.54, 1.807) is 17.3 Å². The molecule has 3 heterocycles. The molecule has 1 amide bonds. The summed E-state index contributed by atoms with van der Waals surface area (Å²) >= 11 is 0. The Labute approximate surface area is 194 Å². The number of Topliss-reactive ketones (excluding diaryl/α,β-unsaturated/α-hetero) is 1. The number of pyridine rings is 1. The van der Waals surface area contributed by atoms with Crippen molar-refractivity contribution in [3.05, 3.63) is 42.7 Å². The minimum absolute atomic E-state index is 0.0149. The molecule has 174 valence electrons. The highest BCUT2D eigenvalue weighted by molar-refractivity contribution is 6.43. The summed E-state index contributed by atoms with van der Waals surface area (Å²) in [6.45, 7) is 6.69. The number of ketones is 1. The average molecular weight is 449 g/mol. The number of rotatable bonds is 8. The number of hydrogen-bond acceptors (Lipinski definition) is 5. The van der Waals surface area contributed by atoms with Crippen molar-refractivity contribution < 1.29 is 19.6 Å². The van der Waals surface area contributed by atoms with Crippen LogP contribution in [0.15, 0.2) is 42.7 Å². The van der Waals surface area contributed by atoms with Crippen molar-refractivity contribution in [1.82, 2.24) is 14.5 Å². The maximum Gasteiger partial charge on any atom is 0.475 e. The topological polar surface area (TPSA) is 95.7 Å². The number of nitrogens with zero attached hydrogens (tertiary/aromatic N) is 3. The molecule has 1 aromatic carbocycles. The zero-order valence-electron chi connectivity index (χ0n) is 19.5. The number of benzene rings is 1. The molecule has 0 spiro atoms. The SMILES string of the molecule is CC(C)C[C@@H](B(O)O)N1CC(C)C[C@H](CC(=O)Cn2c3ccccc3c3ccncc32)C1=O. The molecule has 1 aliphatic heterocycles. The quantitative estimate of drug-likeness (QED) is 0.516. The number of fused-ring (bicyclic) bond motifs is 3. The molecule has 4 rings (SSSR count). The molecule has 2 N–H and O–H groups in total. The number of carbonyl (C=O) groups is 2. The van der Waals surface area contributed by atoms with Gasteiger partial charge in [0.25, 0.3) is 0 Å². The molecule has 8 heteroatoms. The highest BCUT2D eigenvalue weighted by Gasteiger charge is 2.41. The second-order valence-corrected chi connectivity index (χ2v) is 9.88. The first-order valence-electron chi connectivity index (χ1n) is 11.8. The van der Waals surface area contributed by atoms with Gasteiger partial charge in [-0.15, -0.1) is 0 Å². The summed E-state index contributed by atoms with van der Waals surface area (Å²) in [4.78, 5) is 32.3. The van der Waals surface area contributed by atoms with Gasteiger partial charge in [0, 0.05) is 41.4 Å². The van der Waals surface area contributed by atoms with Crippen LogP contribution in [0, 0.1) is 17.8 Å². The Morgan fingerprint density at radius 2 is 1.91 bits per heavy atom. The molecule has 1 aliphatic rings. The molecule has 0 aliphatic carbocycles. The Balaban J connectivity index is 1.55. The first-order chi connectivity index (χ1) is 15.8. The molecule has 7 nitrogen and oxygen atoms in total. The van der Waals surface area contributed by atoms with Gasteiger partial charge in [0.2, 0.25) is 5.91 Å². The number of likely N-dealkylation sites (tertiary alicyclic amines) is 1. The second kappa shape index (κ2) is 9.65. The van der Waals surface area contributed by atoms with E-state index in [1.807, 2.05) is 55.7 Å². The van der Waals surface area contributed by atoms with Crippen molar-refractivity contribution in [1.29, 1.82) is 0 Å². The van der Waals surface area contributed by atoms with Crippen molar-refractivity contribution in [2.45, 2.75) is 52.5 Å². The van der Waals surface area contributed by atoms with Gasteiger partial charge in [-0.3, -0.25) is 14.6 Å².